The van der Waals surface area contributed by atoms with Crippen molar-refractivity contribution < 1.29 is 9.47 Å². The van der Waals surface area contributed by atoms with Crippen molar-refractivity contribution in [2.24, 2.45) is 0 Å². The van der Waals surface area contributed by atoms with Crippen LogP contribution >= 0.6 is 12.2 Å². The van der Waals surface area contributed by atoms with Gasteiger partial charge in [0.05, 0.1) is 0 Å². The number of nitrogens with one attached hydrogen (secondary N) is 2. The Bertz CT molecular complexity index is 761. The van der Waals surface area contributed by atoms with Crippen molar-refractivity contribution in [3.8, 4) is 11.5 Å². The second-order valence-electron chi connectivity index (χ2n) is 6.77. The van der Waals surface area contributed by atoms with E-state index in [-0.39, 0.29) is 6.79 Å². The van der Waals surface area contributed by atoms with Crippen LogP contribution in [0.15, 0.2) is 36.4 Å². The van der Waals surface area contributed by atoms with Crippen LogP contribution in [0.1, 0.15) is 50.7 Å². The van der Waals surface area contributed by atoms with Crippen molar-refractivity contribution in [3.63, 3.8) is 0 Å². The molecule has 0 unspecified atom stereocenters. The molecule has 2 aromatic rings. The Labute approximate surface area is 154 Å². The zero-order valence-electron chi connectivity index (χ0n) is 15.1. The molecule has 0 spiro atoms. The van der Waals surface area contributed by atoms with Gasteiger partial charge in [0.25, 0.3) is 0 Å². The Morgan fingerprint density at radius 1 is 0.920 bits per heavy atom. The minimum atomic E-state index is 0.265. The number of hydrogen-bond donors (Lipinski definition) is 2. The first-order valence-corrected chi connectivity index (χ1v) is 8.97. The number of anilines is 2. The van der Waals surface area contributed by atoms with Crippen LogP contribution < -0.4 is 20.1 Å². The summed E-state index contributed by atoms with van der Waals surface area (Å²) in [6, 6.07) is 12.1. The predicted octanol–water partition coefficient (Wildman–Crippen LogP) is 5.47. The van der Waals surface area contributed by atoms with E-state index in [9.17, 15) is 0 Å². The first-order valence-electron chi connectivity index (χ1n) is 8.56. The molecule has 0 atom stereocenters. The predicted molar refractivity (Wildman–Crippen MR) is 107 cm³/mol. The minimum Gasteiger partial charge on any atom is -0.454 e. The topological polar surface area (TPSA) is 42.5 Å². The average Bonchev–Trinajstić information content (AvgIpc) is 3.02. The summed E-state index contributed by atoms with van der Waals surface area (Å²) >= 11 is 5.54. The fraction of sp³-hybridized carbons (Fsp3) is 0.350. The lowest BCUT2D eigenvalue weighted by Gasteiger charge is -2.21. The minimum absolute atomic E-state index is 0.265. The second-order valence-corrected chi connectivity index (χ2v) is 7.18. The number of benzene rings is 2. The number of rotatable bonds is 4. The first-order chi connectivity index (χ1) is 12.0. The van der Waals surface area contributed by atoms with E-state index in [4.69, 9.17) is 21.7 Å². The summed E-state index contributed by atoms with van der Waals surface area (Å²) in [6.45, 7) is 9.04. The molecule has 0 amide bonds. The van der Waals surface area contributed by atoms with Crippen molar-refractivity contribution in [3.05, 3.63) is 47.5 Å². The van der Waals surface area contributed by atoms with E-state index in [1.807, 2.05) is 18.2 Å². The third-order valence-electron chi connectivity index (χ3n) is 4.24. The third-order valence-corrected chi connectivity index (χ3v) is 4.45. The van der Waals surface area contributed by atoms with E-state index in [1.165, 1.54) is 11.1 Å². The van der Waals surface area contributed by atoms with Gasteiger partial charge in [-0.1, -0.05) is 45.9 Å². The Morgan fingerprint density at radius 2 is 1.56 bits per heavy atom. The molecule has 0 aromatic heterocycles. The van der Waals surface area contributed by atoms with Gasteiger partial charge >= 0.3 is 0 Å². The fourth-order valence-corrected chi connectivity index (χ4v) is 3.17. The van der Waals surface area contributed by atoms with Gasteiger partial charge in [-0.05, 0) is 47.3 Å². The van der Waals surface area contributed by atoms with E-state index in [0.29, 0.717) is 16.9 Å². The smallest absolute Gasteiger partial charge is 0.231 e. The summed E-state index contributed by atoms with van der Waals surface area (Å²) in [5, 5.41) is 7.21. The van der Waals surface area contributed by atoms with Crippen LogP contribution in [-0.2, 0) is 0 Å². The zero-order valence-corrected chi connectivity index (χ0v) is 15.9. The largest absolute Gasteiger partial charge is 0.454 e. The summed E-state index contributed by atoms with van der Waals surface area (Å²) < 4.78 is 10.8. The SMILES string of the molecule is CC(C)c1cccc(C(C)C)c1NC(=S)Nc1ccc2c(c1)OCO2. The molecular formula is C20H24N2O2S. The van der Waals surface area contributed by atoms with Gasteiger partial charge in [-0.2, -0.15) is 0 Å². The highest BCUT2D eigenvalue weighted by Crippen LogP contribution is 2.35. The van der Waals surface area contributed by atoms with Gasteiger partial charge in [-0.15, -0.1) is 0 Å². The number of para-hydroxylation sites is 1. The van der Waals surface area contributed by atoms with Crippen molar-refractivity contribution >= 4 is 28.7 Å². The lowest BCUT2D eigenvalue weighted by molar-refractivity contribution is 0.174. The molecule has 0 saturated carbocycles. The van der Waals surface area contributed by atoms with Crippen molar-refractivity contribution in [1.29, 1.82) is 0 Å². The van der Waals surface area contributed by atoms with Gasteiger partial charge in [-0.3, -0.25) is 0 Å². The maximum absolute atomic E-state index is 5.54. The summed E-state index contributed by atoms with van der Waals surface area (Å²) in [7, 11) is 0. The summed E-state index contributed by atoms with van der Waals surface area (Å²) in [5.41, 5.74) is 4.50. The number of ether oxygens (including phenoxy) is 2. The normalized spacial score (nSPS) is 12.6. The Balaban J connectivity index is 1.81. The maximum Gasteiger partial charge on any atom is 0.231 e. The van der Waals surface area contributed by atoms with Crippen LogP contribution in [0, 0.1) is 0 Å². The lowest BCUT2D eigenvalue weighted by atomic mass is 9.93. The van der Waals surface area contributed by atoms with Crippen molar-refractivity contribution in [1.82, 2.24) is 0 Å². The van der Waals surface area contributed by atoms with E-state index < -0.39 is 0 Å². The van der Waals surface area contributed by atoms with Crippen molar-refractivity contribution in [2.75, 3.05) is 17.4 Å². The molecule has 1 heterocycles. The molecular weight excluding hydrogens is 332 g/mol. The van der Waals surface area contributed by atoms with E-state index in [0.717, 1.165) is 22.9 Å². The standard InChI is InChI=1S/C20H24N2O2S/c1-12(2)15-6-5-7-16(13(3)4)19(15)22-20(25)21-14-8-9-17-18(10-14)24-11-23-17/h5-10,12-13H,11H2,1-4H3,(H2,21,22,25). The Kier molecular flexibility index (Phi) is 5.13. The molecule has 0 radical (unpaired) electrons. The van der Waals surface area contributed by atoms with E-state index >= 15 is 0 Å². The van der Waals surface area contributed by atoms with Gasteiger partial charge in [0.1, 0.15) is 0 Å². The molecule has 1 aliphatic heterocycles. The third kappa shape index (κ3) is 3.87. The van der Waals surface area contributed by atoms with Crippen LogP contribution in [0.2, 0.25) is 0 Å². The lowest BCUT2D eigenvalue weighted by Crippen LogP contribution is -2.21. The molecule has 1 aliphatic rings. The Hall–Kier alpha value is -2.27. The average molecular weight is 356 g/mol. The maximum atomic E-state index is 5.54. The van der Waals surface area contributed by atoms with Crippen LogP contribution in [0.3, 0.4) is 0 Å². The molecule has 132 valence electrons. The molecule has 0 bridgehead atoms. The van der Waals surface area contributed by atoms with E-state index in [2.05, 4.69) is 56.5 Å². The monoisotopic (exact) mass is 356 g/mol. The van der Waals surface area contributed by atoms with Crippen LogP contribution in [0.25, 0.3) is 0 Å². The number of fused-ring (bicyclic) bond motifs is 1. The van der Waals surface area contributed by atoms with Crippen LogP contribution in [0.4, 0.5) is 11.4 Å². The Morgan fingerprint density at radius 3 is 2.20 bits per heavy atom. The highest BCUT2D eigenvalue weighted by Gasteiger charge is 2.16. The van der Waals surface area contributed by atoms with Gasteiger partial charge in [-0.25, -0.2) is 0 Å². The fourth-order valence-electron chi connectivity index (χ4n) is 2.95. The van der Waals surface area contributed by atoms with Crippen molar-refractivity contribution in [2.45, 2.75) is 39.5 Å². The number of thiocarbonyl (C=S) groups is 1. The quantitative estimate of drug-likeness (QED) is 0.711. The summed E-state index contributed by atoms with van der Waals surface area (Å²) in [4.78, 5) is 0. The summed E-state index contributed by atoms with van der Waals surface area (Å²) in [6.07, 6.45) is 0. The number of hydrogen-bond acceptors (Lipinski definition) is 3. The molecule has 2 N–H and O–H groups in total. The molecule has 25 heavy (non-hydrogen) atoms. The first kappa shape index (κ1) is 17.5. The molecule has 5 heteroatoms. The van der Waals surface area contributed by atoms with Gasteiger partial charge < -0.3 is 20.1 Å². The molecule has 2 aromatic carbocycles. The van der Waals surface area contributed by atoms with Gasteiger partial charge in [0.2, 0.25) is 6.79 Å². The highest BCUT2D eigenvalue weighted by atomic mass is 32.1. The highest BCUT2D eigenvalue weighted by molar-refractivity contribution is 7.80. The van der Waals surface area contributed by atoms with Gasteiger partial charge in [0.15, 0.2) is 16.6 Å². The summed E-state index contributed by atoms with van der Waals surface area (Å²) in [5.74, 6) is 2.32. The van der Waals surface area contributed by atoms with Crippen LogP contribution in [-0.4, -0.2) is 11.9 Å². The molecule has 3 rings (SSSR count). The molecule has 0 aliphatic carbocycles. The molecule has 0 fully saturated rings. The molecule has 0 saturated heterocycles. The van der Waals surface area contributed by atoms with Gasteiger partial charge in [0, 0.05) is 17.4 Å². The second kappa shape index (κ2) is 7.31. The van der Waals surface area contributed by atoms with E-state index in [1.54, 1.807) is 0 Å². The van der Waals surface area contributed by atoms with Crippen LogP contribution in [0.5, 0.6) is 11.5 Å². The molecule has 4 nitrogen and oxygen atoms in total. The zero-order chi connectivity index (χ0) is 18.0.